The van der Waals surface area contributed by atoms with E-state index < -0.39 is 0 Å². The van der Waals surface area contributed by atoms with E-state index in [1.807, 2.05) is 6.07 Å². The van der Waals surface area contributed by atoms with Crippen LogP contribution in [0.5, 0.6) is 0 Å². The van der Waals surface area contributed by atoms with Crippen LogP contribution in [0.2, 0.25) is 10.0 Å². The van der Waals surface area contributed by atoms with Crippen LogP contribution in [0.4, 0.5) is 5.13 Å². The molecule has 0 aliphatic rings. The quantitative estimate of drug-likeness (QED) is 0.605. The van der Waals surface area contributed by atoms with Crippen molar-refractivity contribution in [3.05, 3.63) is 63.2 Å². The highest BCUT2D eigenvalue weighted by molar-refractivity contribution is 7.16. The van der Waals surface area contributed by atoms with Gasteiger partial charge in [-0.05, 0) is 30.7 Å². The van der Waals surface area contributed by atoms with Crippen LogP contribution in [-0.2, 0) is 6.42 Å². The number of nitrogens with zero attached hydrogens (tertiary/aromatic N) is 2. The molecule has 1 aromatic carbocycles. The Bertz CT molecular complexity index is 897. The van der Waals surface area contributed by atoms with E-state index >= 15 is 0 Å². The summed E-state index contributed by atoms with van der Waals surface area (Å²) in [7, 11) is 0. The number of rotatable bonds is 5. The molecule has 4 nitrogen and oxygen atoms in total. The second-order valence-corrected chi connectivity index (χ2v) is 7.24. The summed E-state index contributed by atoms with van der Waals surface area (Å²) < 4.78 is 0. The molecule has 128 valence electrons. The first-order valence-electron chi connectivity index (χ1n) is 7.76. The van der Waals surface area contributed by atoms with Gasteiger partial charge in [0, 0.05) is 16.6 Å². The maximum atomic E-state index is 12.3. The Morgan fingerprint density at radius 3 is 2.72 bits per heavy atom. The van der Waals surface area contributed by atoms with Crippen LogP contribution < -0.4 is 5.32 Å². The van der Waals surface area contributed by atoms with Gasteiger partial charge in [0.25, 0.3) is 5.91 Å². The van der Waals surface area contributed by atoms with Crippen molar-refractivity contribution in [2.75, 3.05) is 5.32 Å². The largest absolute Gasteiger partial charge is 0.296 e. The van der Waals surface area contributed by atoms with Crippen LogP contribution in [0.1, 0.15) is 28.7 Å². The fraction of sp³-hybridized carbons (Fsp3) is 0.167. The summed E-state index contributed by atoms with van der Waals surface area (Å²) in [6, 6.07) is 10.6. The maximum absolute atomic E-state index is 12.3. The van der Waals surface area contributed by atoms with Crippen molar-refractivity contribution in [1.82, 2.24) is 9.97 Å². The van der Waals surface area contributed by atoms with Gasteiger partial charge in [0.1, 0.15) is 5.69 Å². The normalized spacial score (nSPS) is 10.7. The number of nitrogens with one attached hydrogen (secondary N) is 1. The summed E-state index contributed by atoms with van der Waals surface area (Å²) in [6.07, 6.45) is 3.43. The van der Waals surface area contributed by atoms with Crippen molar-refractivity contribution in [2.45, 2.75) is 19.8 Å². The molecule has 0 aliphatic heterocycles. The number of benzene rings is 1. The zero-order valence-corrected chi connectivity index (χ0v) is 15.8. The SMILES string of the molecule is CCCc1sc(NC(=O)c2ccccn2)nc1-c1ccc(Cl)c(Cl)c1. The monoisotopic (exact) mass is 391 g/mol. The molecule has 7 heteroatoms. The average molecular weight is 392 g/mol. The Hall–Kier alpha value is -1.95. The molecule has 0 saturated carbocycles. The molecule has 2 aromatic heterocycles. The van der Waals surface area contributed by atoms with Crippen molar-refractivity contribution < 1.29 is 4.79 Å². The first kappa shape index (κ1) is 17.9. The summed E-state index contributed by atoms with van der Waals surface area (Å²) in [5, 5.41) is 4.34. The lowest BCUT2D eigenvalue weighted by atomic mass is 10.1. The van der Waals surface area contributed by atoms with Crippen LogP contribution in [0.25, 0.3) is 11.3 Å². The average Bonchev–Trinajstić information content (AvgIpc) is 3.01. The van der Waals surface area contributed by atoms with Crippen molar-refractivity contribution >= 4 is 45.6 Å². The smallest absolute Gasteiger partial charge is 0.276 e. The number of hydrogen-bond acceptors (Lipinski definition) is 4. The highest BCUT2D eigenvalue weighted by atomic mass is 35.5. The van der Waals surface area contributed by atoms with E-state index in [9.17, 15) is 4.79 Å². The molecule has 1 N–H and O–H groups in total. The number of halogens is 2. The molecule has 0 radical (unpaired) electrons. The molecule has 0 saturated heterocycles. The summed E-state index contributed by atoms with van der Waals surface area (Å²) >= 11 is 13.6. The van der Waals surface area contributed by atoms with Crippen molar-refractivity contribution in [2.24, 2.45) is 0 Å². The Balaban J connectivity index is 1.91. The Labute approximate surface area is 159 Å². The molecule has 3 aromatic rings. The second kappa shape index (κ2) is 7.95. The third-order valence-corrected chi connectivity index (χ3v) is 5.26. The van der Waals surface area contributed by atoms with Gasteiger partial charge >= 0.3 is 0 Å². The lowest BCUT2D eigenvalue weighted by molar-refractivity contribution is 0.102. The van der Waals surface area contributed by atoms with Gasteiger partial charge in [-0.1, -0.05) is 48.7 Å². The lowest BCUT2D eigenvalue weighted by Gasteiger charge is -2.03. The van der Waals surface area contributed by atoms with E-state index in [1.165, 1.54) is 11.3 Å². The van der Waals surface area contributed by atoms with Crippen LogP contribution in [0, 0.1) is 0 Å². The van der Waals surface area contributed by atoms with Crippen molar-refractivity contribution in [3.8, 4) is 11.3 Å². The molecule has 0 bridgehead atoms. The summed E-state index contributed by atoms with van der Waals surface area (Å²) in [6.45, 7) is 2.10. The molecular formula is C18H15Cl2N3OS. The van der Waals surface area contributed by atoms with Crippen LogP contribution in [0.3, 0.4) is 0 Å². The minimum Gasteiger partial charge on any atom is -0.296 e. The molecule has 3 rings (SSSR count). The van der Waals surface area contributed by atoms with Gasteiger partial charge in [0.2, 0.25) is 0 Å². The van der Waals surface area contributed by atoms with Gasteiger partial charge in [-0.2, -0.15) is 0 Å². The van der Waals surface area contributed by atoms with Crippen LogP contribution >= 0.6 is 34.5 Å². The molecule has 0 atom stereocenters. The van der Waals surface area contributed by atoms with Crippen LogP contribution in [0.15, 0.2) is 42.6 Å². The first-order chi connectivity index (χ1) is 12.1. The fourth-order valence-electron chi connectivity index (χ4n) is 2.33. The molecule has 1 amide bonds. The maximum Gasteiger partial charge on any atom is 0.276 e. The number of carbonyl (C=O) groups excluding carboxylic acids is 1. The van der Waals surface area contributed by atoms with E-state index in [-0.39, 0.29) is 5.91 Å². The minimum atomic E-state index is -0.280. The summed E-state index contributed by atoms with van der Waals surface area (Å²) in [4.78, 5) is 22.0. The van der Waals surface area contributed by atoms with E-state index in [2.05, 4.69) is 22.2 Å². The van der Waals surface area contributed by atoms with E-state index in [0.29, 0.717) is 20.9 Å². The Kier molecular flexibility index (Phi) is 5.68. The first-order valence-corrected chi connectivity index (χ1v) is 9.33. The third kappa shape index (κ3) is 4.18. The molecule has 0 fully saturated rings. The zero-order chi connectivity index (χ0) is 17.8. The zero-order valence-electron chi connectivity index (χ0n) is 13.4. The molecule has 0 spiro atoms. The lowest BCUT2D eigenvalue weighted by Crippen LogP contribution is -2.13. The topological polar surface area (TPSA) is 54.9 Å². The molecular weight excluding hydrogens is 377 g/mol. The number of carbonyl (C=O) groups is 1. The van der Waals surface area contributed by atoms with Crippen molar-refractivity contribution in [1.29, 1.82) is 0 Å². The predicted molar refractivity (Wildman–Crippen MR) is 104 cm³/mol. The summed E-state index contributed by atoms with van der Waals surface area (Å²) in [5.74, 6) is -0.280. The molecule has 25 heavy (non-hydrogen) atoms. The van der Waals surface area contributed by atoms with Gasteiger partial charge in [-0.3, -0.25) is 15.1 Å². The minimum absolute atomic E-state index is 0.280. The number of aryl methyl sites for hydroxylation is 1. The van der Waals surface area contributed by atoms with Crippen molar-refractivity contribution in [3.63, 3.8) is 0 Å². The second-order valence-electron chi connectivity index (χ2n) is 5.34. The van der Waals surface area contributed by atoms with Gasteiger partial charge in [0.05, 0.1) is 15.7 Å². The number of thiazole rings is 1. The molecule has 2 heterocycles. The summed E-state index contributed by atoms with van der Waals surface area (Å²) in [5.41, 5.74) is 2.06. The van der Waals surface area contributed by atoms with Gasteiger partial charge in [-0.15, -0.1) is 11.3 Å². The number of hydrogen-bond donors (Lipinski definition) is 1. The van der Waals surface area contributed by atoms with E-state index in [1.54, 1.807) is 36.5 Å². The number of aromatic nitrogens is 2. The van der Waals surface area contributed by atoms with E-state index in [4.69, 9.17) is 23.2 Å². The van der Waals surface area contributed by atoms with Gasteiger partial charge < -0.3 is 0 Å². The number of anilines is 1. The van der Waals surface area contributed by atoms with Crippen LogP contribution in [-0.4, -0.2) is 15.9 Å². The fourth-order valence-corrected chi connectivity index (χ4v) is 3.71. The van der Waals surface area contributed by atoms with Gasteiger partial charge in [0.15, 0.2) is 5.13 Å². The Morgan fingerprint density at radius 1 is 1.20 bits per heavy atom. The standard InChI is InChI=1S/C18H15Cl2N3OS/c1-2-5-15-16(11-7-8-12(19)13(20)10-11)22-18(25-15)23-17(24)14-6-3-4-9-21-14/h3-4,6-10H,2,5H2,1H3,(H,22,23,24). The number of pyridine rings is 1. The number of amides is 1. The van der Waals surface area contributed by atoms with E-state index in [0.717, 1.165) is 29.0 Å². The highest BCUT2D eigenvalue weighted by Gasteiger charge is 2.16. The Morgan fingerprint density at radius 2 is 2.04 bits per heavy atom. The highest BCUT2D eigenvalue weighted by Crippen LogP contribution is 2.35. The molecule has 0 aliphatic carbocycles. The third-order valence-electron chi connectivity index (χ3n) is 3.49. The van der Waals surface area contributed by atoms with Gasteiger partial charge in [-0.25, -0.2) is 4.98 Å². The predicted octanol–water partition coefficient (Wildman–Crippen LogP) is 5.72. The molecule has 0 unspecified atom stereocenters.